The van der Waals surface area contributed by atoms with Crippen LogP contribution in [0, 0.1) is 5.41 Å². The summed E-state index contributed by atoms with van der Waals surface area (Å²) < 4.78 is 0. The normalized spacial score (nSPS) is 11.3. The van der Waals surface area contributed by atoms with Crippen LogP contribution in [0.2, 0.25) is 0 Å². The van der Waals surface area contributed by atoms with Crippen molar-refractivity contribution in [2.75, 3.05) is 11.9 Å². The summed E-state index contributed by atoms with van der Waals surface area (Å²) in [6.45, 7) is 4.43. The maximum atomic E-state index is 12.3. The van der Waals surface area contributed by atoms with Crippen LogP contribution < -0.4 is 11.1 Å². The van der Waals surface area contributed by atoms with E-state index in [1.807, 2.05) is 13.8 Å². The molecule has 0 aromatic carbocycles. The molecule has 0 atom stereocenters. The third-order valence-electron chi connectivity index (χ3n) is 3.04. The lowest BCUT2D eigenvalue weighted by atomic mass is 9.78. The van der Waals surface area contributed by atoms with Crippen LogP contribution in [0.3, 0.4) is 0 Å². The van der Waals surface area contributed by atoms with Crippen molar-refractivity contribution in [1.29, 1.82) is 0 Å². The monoisotopic (exact) mass is 251 g/mol. The van der Waals surface area contributed by atoms with Gasteiger partial charge in [-0.2, -0.15) is 5.10 Å². The number of nitrogens with zero attached hydrogens (tertiary/aromatic N) is 3. The molecule has 0 saturated heterocycles. The molecule has 1 amide bonds. The van der Waals surface area contributed by atoms with Crippen LogP contribution in [0.25, 0.3) is 0 Å². The fraction of sp³-hybridized carbons (Fsp3) is 0.667. The Morgan fingerprint density at radius 1 is 1.33 bits per heavy atom. The molecule has 0 bridgehead atoms. The van der Waals surface area contributed by atoms with Gasteiger partial charge >= 0.3 is 0 Å². The van der Waals surface area contributed by atoms with Crippen LogP contribution in [-0.2, 0) is 4.79 Å². The van der Waals surface area contributed by atoms with E-state index in [4.69, 9.17) is 5.73 Å². The van der Waals surface area contributed by atoms with Crippen molar-refractivity contribution in [2.45, 2.75) is 39.5 Å². The van der Waals surface area contributed by atoms with Gasteiger partial charge in [0.05, 0.1) is 17.8 Å². The summed E-state index contributed by atoms with van der Waals surface area (Å²) >= 11 is 0. The smallest absolute Gasteiger partial charge is 0.249 e. The van der Waals surface area contributed by atoms with Crippen molar-refractivity contribution in [1.82, 2.24) is 15.2 Å². The molecule has 1 rings (SSSR count). The van der Waals surface area contributed by atoms with Gasteiger partial charge in [0.1, 0.15) is 0 Å². The van der Waals surface area contributed by atoms with Crippen LogP contribution in [0.15, 0.2) is 12.4 Å². The minimum absolute atomic E-state index is 0.110. The van der Waals surface area contributed by atoms with Gasteiger partial charge in [-0.3, -0.25) is 10.1 Å². The standard InChI is InChI=1S/C12H21N5O/c1-3-5-12(9-13,6-4-2)10(18)16-11-14-7-8-15-17-11/h7-8H,3-6,9,13H2,1-2H3,(H,14,16,17,18). The fourth-order valence-electron chi connectivity index (χ4n) is 2.14. The number of rotatable bonds is 7. The van der Waals surface area contributed by atoms with E-state index in [-0.39, 0.29) is 11.9 Å². The number of nitrogens with one attached hydrogen (secondary N) is 1. The van der Waals surface area contributed by atoms with Crippen LogP contribution in [0.4, 0.5) is 5.95 Å². The molecule has 0 unspecified atom stereocenters. The lowest BCUT2D eigenvalue weighted by Crippen LogP contribution is -2.42. The number of hydrogen-bond acceptors (Lipinski definition) is 5. The molecule has 0 fully saturated rings. The highest BCUT2D eigenvalue weighted by atomic mass is 16.2. The lowest BCUT2D eigenvalue weighted by Gasteiger charge is -2.30. The summed E-state index contributed by atoms with van der Waals surface area (Å²) in [6.07, 6.45) is 6.32. The van der Waals surface area contributed by atoms with E-state index in [9.17, 15) is 4.79 Å². The van der Waals surface area contributed by atoms with Gasteiger partial charge in [-0.1, -0.05) is 26.7 Å². The number of nitrogens with two attached hydrogens (primary N) is 1. The quantitative estimate of drug-likeness (QED) is 0.763. The van der Waals surface area contributed by atoms with E-state index >= 15 is 0 Å². The van der Waals surface area contributed by atoms with Gasteiger partial charge in [0, 0.05) is 6.54 Å². The largest absolute Gasteiger partial charge is 0.329 e. The molecule has 6 nitrogen and oxygen atoms in total. The molecule has 0 radical (unpaired) electrons. The molecule has 0 spiro atoms. The molecule has 6 heteroatoms. The molecule has 0 aliphatic heterocycles. The van der Waals surface area contributed by atoms with Crippen LogP contribution in [0.1, 0.15) is 39.5 Å². The summed E-state index contributed by atoms with van der Waals surface area (Å²) in [7, 11) is 0. The lowest BCUT2D eigenvalue weighted by molar-refractivity contribution is -0.126. The Bertz CT molecular complexity index is 362. The zero-order valence-corrected chi connectivity index (χ0v) is 11.0. The van der Waals surface area contributed by atoms with Gasteiger partial charge in [-0.25, -0.2) is 4.98 Å². The van der Waals surface area contributed by atoms with Crippen molar-refractivity contribution in [3.8, 4) is 0 Å². The molecule has 1 heterocycles. The van der Waals surface area contributed by atoms with Gasteiger partial charge in [0.25, 0.3) is 0 Å². The highest BCUT2D eigenvalue weighted by molar-refractivity contribution is 5.94. The third kappa shape index (κ3) is 3.46. The Morgan fingerprint density at radius 3 is 2.44 bits per heavy atom. The summed E-state index contributed by atoms with van der Waals surface area (Å²) in [6, 6.07) is 0. The zero-order valence-electron chi connectivity index (χ0n) is 11.0. The van der Waals surface area contributed by atoms with Gasteiger partial charge in [0.2, 0.25) is 11.9 Å². The summed E-state index contributed by atoms with van der Waals surface area (Å²) in [5.74, 6) is 0.120. The number of aromatic nitrogens is 3. The Kier molecular flexibility index (Phi) is 5.64. The fourth-order valence-corrected chi connectivity index (χ4v) is 2.14. The van der Waals surface area contributed by atoms with E-state index in [1.54, 1.807) is 0 Å². The molecule has 0 aliphatic carbocycles. The Labute approximate surface area is 107 Å². The average molecular weight is 251 g/mol. The summed E-state index contributed by atoms with van der Waals surface area (Å²) in [4.78, 5) is 16.3. The van der Waals surface area contributed by atoms with Crippen molar-refractivity contribution in [3.63, 3.8) is 0 Å². The van der Waals surface area contributed by atoms with Gasteiger partial charge in [-0.15, -0.1) is 5.10 Å². The van der Waals surface area contributed by atoms with E-state index in [0.717, 1.165) is 25.7 Å². The first-order valence-electron chi connectivity index (χ1n) is 6.33. The summed E-state index contributed by atoms with van der Waals surface area (Å²) in [5, 5.41) is 10.1. The SMILES string of the molecule is CCCC(CN)(CCC)C(=O)Nc1nccnn1. The number of amides is 1. The Morgan fingerprint density at radius 2 is 2.00 bits per heavy atom. The topological polar surface area (TPSA) is 93.8 Å². The van der Waals surface area contributed by atoms with E-state index in [1.165, 1.54) is 12.4 Å². The number of anilines is 1. The highest BCUT2D eigenvalue weighted by Gasteiger charge is 2.35. The molecule has 100 valence electrons. The predicted molar refractivity (Wildman–Crippen MR) is 69.8 cm³/mol. The minimum Gasteiger partial charge on any atom is -0.329 e. The van der Waals surface area contributed by atoms with Gasteiger partial charge < -0.3 is 5.73 Å². The number of carbonyl (C=O) groups is 1. The van der Waals surface area contributed by atoms with Gasteiger partial charge in [0.15, 0.2) is 0 Å². The molecule has 3 N–H and O–H groups in total. The van der Waals surface area contributed by atoms with Crippen molar-refractivity contribution in [3.05, 3.63) is 12.4 Å². The maximum absolute atomic E-state index is 12.3. The second kappa shape index (κ2) is 7.00. The maximum Gasteiger partial charge on any atom is 0.249 e. The molecular formula is C12H21N5O. The minimum atomic E-state index is -0.525. The van der Waals surface area contributed by atoms with Crippen LogP contribution >= 0.6 is 0 Å². The Hall–Kier alpha value is -1.56. The first-order chi connectivity index (χ1) is 8.68. The van der Waals surface area contributed by atoms with E-state index < -0.39 is 5.41 Å². The second-order valence-electron chi connectivity index (χ2n) is 4.40. The van der Waals surface area contributed by atoms with Crippen molar-refractivity contribution in [2.24, 2.45) is 11.1 Å². The van der Waals surface area contributed by atoms with Crippen LogP contribution in [-0.4, -0.2) is 27.6 Å². The molecule has 0 aliphatic rings. The van der Waals surface area contributed by atoms with Crippen molar-refractivity contribution < 1.29 is 4.79 Å². The zero-order chi connectivity index (χ0) is 13.4. The first kappa shape index (κ1) is 14.5. The average Bonchev–Trinajstić information content (AvgIpc) is 2.39. The molecule has 1 aromatic heterocycles. The molecular weight excluding hydrogens is 230 g/mol. The Balaban J connectivity index is 2.82. The first-order valence-corrected chi connectivity index (χ1v) is 6.33. The second-order valence-corrected chi connectivity index (χ2v) is 4.40. The molecule has 1 aromatic rings. The molecule has 0 saturated carbocycles. The van der Waals surface area contributed by atoms with Gasteiger partial charge in [-0.05, 0) is 12.8 Å². The van der Waals surface area contributed by atoms with Crippen molar-refractivity contribution >= 4 is 11.9 Å². The highest BCUT2D eigenvalue weighted by Crippen LogP contribution is 2.29. The third-order valence-corrected chi connectivity index (χ3v) is 3.04. The molecule has 18 heavy (non-hydrogen) atoms. The van der Waals surface area contributed by atoms with Crippen LogP contribution in [0.5, 0.6) is 0 Å². The predicted octanol–water partition coefficient (Wildman–Crippen LogP) is 1.36. The number of hydrogen-bond donors (Lipinski definition) is 2. The van der Waals surface area contributed by atoms with E-state index in [2.05, 4.69) is 20.5 Å². The number of carbonyl (C=O) groups excluding carboxylic acids is 1. The summed E-state index contributed by atoms with van der Waals surface area (Å²) in [5.41, 5.74) is 5.29. The van der Waals surface area contributed by atoms with E-state index in [0.29, 0.717) is 6.54 Å².